The lowest BCUT2D eigenvalue weighted by Gasteiger charge is -2.17. The van der Waals surface area contributed by atoms with Crippen LogP contribution in [0, 0.1) is 0 Å². The zero-order chi connectivity index (χ0) is 63.0. The van der Waals surface area contributed by atoms with Gasteiger partial charge in [0.1, 0.15) is 15.2 Å². The van der Waals surface area contributed by atoms with Crippen LogP contribution in [0.3, 0.4) is 0 Å². The summed E-state index contributed by atoms with van der Waals surface area (Å²) in [5, 5.41) is 29.8. The largest absolute Gasteiger partial charge is 0.779 e. The Hall–Kier alpha value is -5.20. The van der Waals surface area contributed by atoms with Crippen molar-refractivity contribution < 1.29 is 76.7 Å². The number of rotatable bonds is 30. The molecule has 0 aromatic carbocycles. The molecule has 0 aromatic heterocycles. The van der Waals surface area contributed by atoms with E-state index in [0.717, 1.165) is 58.3 Å². The number of alkyl halides is 2. The SMILES string of the molecule is C(=NC1CCCCC1)=NC1CCCCC1.CP(=O)([O-])OCCCCCCN.CP(=O)([O-])OCCCCCCNC(=O)CCCN=[N+]=[N-].ClCCl.O=C1CCC(=O)N1O.[N-]=[N+]=NCCCC(=O)O.[N-]=[N+]=NCCCC(=O)ON1C(=O)CCC1=O. The first-order valence-electron chi connectivity index (χ1n) is 27.5. The predicted octanol–water partition coefficient (Wildman–Crippen LogP) is 9.28. The molecule has 2 aliphatic heterocycles. The van der Waals surface area contributed by atoms with Crippen LogP contribution in [-0.4, -0.2) is 145 Å². The molecule has 4 rings (SSSR count). The average Bonchev–Trinajstić information content (AvgIpc) is 4.14. The summed E-state index contributed by atoms with van der Waals surface area (Å²) in [6.45, 7) is 4.77. The van der Waals surface area contributed by atoms with E-state index >= 15 is 0 Å². The molecule has 2 atom stereocenters. The number of nitrogens with zero attached hydrogens (tertiary/aromatic N) is 13. The maximum Gasteiger partial charge on any atom is 0.333 e. The van der Waals surface area contributed by atoms with Gasteiger partial charge >= 0.3 is 11.9 Å². The average molecular weight is 1260 g/mol. The molecule has 0 aromatic rings. The van der Waals surface area contributed by atoms with Crippen LogP contribution in [0.25, 0.3) is 31.3 Å². The van der Waals surface area contributed by atoms with Gasteiger partial charge in [-0.15, -0.1) is 28.3 Å². The summed E-state index contributed by atoms with van der Waals surface area (Å²) in [4.78, 5) is 117. The van der Waals surface area contributed by atoms with E-state index in [4.69, 9.17) is 55.8 Å². The number of azide groups is 3. The lowest BCUT2D eigenvalue weighted by molar-refractivity contribution is -0.197. The number of hydrogen-bond acceptors (Lipinski definition) is 21. The number of hydrogen-bond donors (Lipinski definition) is 4. The summed E-state index contributed by atoms with van der Waals surface area (Å²) in [7, 11) is -7.09. The predicted molar refractivity (Wildman–Crippen MR) is 306 cm³/mol. The number of halogens is 2. The van der Waals surface area contributed by atoms with Crippen LogP contribution >= 0.6 is 38.4 Å². The van der Waals surface area contributed by atoms with E-state index in [1.54, 1.807) is 0 Å². The van der Waals surface area contributed by atoms with Crippen LogP contribution in [-0.2, 0) is 56.6 Å². The molecule has 2 saturated heterocycles. The van der Waals surface area contributed by atoms with Crippen molar-refractivity contribution in [1.82, 2.24) is 15.4 Å². The number of carbonyl (C=O) groups excluding carboxylic acids is 6. The smallest absolute Gasteiger partial charge is 0.333 e. The summed E-state index contributed by atoms with van der Waals surface area (Å²) in [5.74, 6) is -3.61. The highest BCUT2D eigenvalue weighted by Crippen LogP contribution is 2.32. The van der Waals surface area contributed by atoms with Crippen molar-refractivity contribution in [3.05, 3.63) is 31.3 Å². The Morgan fingerprint density at radius 2 is 1.04 bits per heavy atom. The molecule has 35 heteroatoms. The summed E-state index contributed by atoms with van der Waals surface area (Å²) >= 11 is 9.53. The Morgan fingerprint density at radius 3 is 1.41 bits per heavy atom. The normalized spacial score (nSPS) is 15.9. The van der Waals surface area contributed by atoms with Crippen molar-refractivity contribution in [1.29, 1.82) is 0 Å². The second-order valence-electron chi connectivity index (χ2n) is 18.4. The summed E-state index contributed by atoms with van der Waals surface area (Å²) < 4.78 is 30.4. The second kappa shape index (κ2) is 56.0. The van der Waals surface area contributed by atoms with Gasteiger partial charge in [-0.2, -0.15) is 5.06 Å². The fourth-order valence-corrected chi connectivity index (χ4v) is 7.91. The number of nitrogens with two attached hydrogens (primary N) is 1. The Kier molecular flexibility index (Phi) is 55.3. The molecule has 5 N–H and O–H groups in total. The molecule has 2 aliphatic carbocycles. The molecule has 2 unspecified atom stereocenters. The zero-order valence-electron chi connectivity index (χ0n) is 47.8. The maximum absolute atomic E-state index is 11.3. The molecule has 4 fully saturated rings. The number of carboxylic acid groups (broad SMARTS) is 1. The number of aliphatic imine (C=N–C) groups is 2. The van der Waals surface area contributed by atoms with E-state index in [-0.39, 0.29) is 74.5 Å². The number of carboxylic acids is 1. The third-order valence-electron chi connectivity index (χ3n) is 11.1. The van der Waals surface area contributed by atoms with Gasteiger partial charge < -0.3 is 49.0 Å². The highest BCUT2D eigenvalue weighted by Gasteiger charge is 2.32. The summed E-state index contributed by atoms with van der Waals surface area (Å²) in [5.41, 5.74) is 29.1. The van der Waals surface area contributed by atoms with Crippen molar-refractivity contribution in [2.75, 3.05) is 64.6 Å². The highest BCUT2D eigenvalue weighted by molar-refractivity contribution is 7.50. The molecule has 0 radical (unpaired) electrons. The number of amides is 5. The molecular formula is C48H85Cl2N15O16P2-2. The number of hydroxylamine groups is 4. The van der Waals surface area contributed by atoms with Crippen LogP contribution in [0.2, 0.25) is 0 Å². The van der Waals surface area contributed by atoms with E-state index in [1.807, 2.05) is 0 Å². The Balaban J connectivity index is -0.000000936. The first-order chi connectivity index (χ1) is 39.5. The van der Waals surface area contributed by atoms with Gasteiger partial charge in [0.25, 0.3) is 23.6 Å². The Labute approximate surface area is 495 Å². The lowest BCUT2D eigenvalue weighted by atomic mass is 9.96. The number of unbranched alkanes of at least 4 members (excludes halogenated alkanes) is 6. The first-order valence-corrected chi connectivity index (χ1v) is 32.5. The topological polar surface area (TPSA) is 483 Å². The van der Waals surface area contributed by atoms with Crippen LogP contribution in [0.15, 0.2) is 25.3 Å². The van der Waals surface area contributed by atoms with Gasteiger partial charge in [-0.3, -0.25) is 34.0 Å². The third kappa shape index (κ3) is 58.4. The van der Waals surface area contributed by atoms with Gasteiger partial charge in [0.05, 0.1) is 36.6 Å². The first kappa shape index (κ1) is 82.0. The number of imide groups is 2. The van der Waals surface area contributed by atoms with Crippen LogP contribution < -0.4 is 20.8 Å². The number of nitrogens with one attached hydrogen (secondary N) is 1. The van der Waals surface area contributed by atoms with Gasteiger partial charge in [0.15, 0.2) is 0 Å². The zero-order valence-corrected chi connectivity index (χ0v) is 51.1. The maximum atomic E-state index is 11.3. The van der Waals surface area contributed by atoms with Crippen molar-refractivity contribution in [3.8, 4) is 0 Å². The molecule has 474 valence electrons. The van der Waals surface area contributed by atoms with Gasteiger partial charge in [-0.1, -0.05) is 79.6 Å². The lowest BCUT2D eigenvalue weighted by Crippen LogP contribution is -2.32. The minimum absolute atomic E-state index is 0.00389. The fraction of sp³-hybridized carbons (Fsp3) is 0.833. The van der Waals surface area contributed by atoms with E-state index in [1.165, 1.54) is 64.2 Å². The summed E-state index contributed by atoms with van der Waals surface area (Å²) in [6, 6.07) is 4.04. The van der Waals surface area contributed by atoms with Crippen LogP contribution in [0.5, 0.6) is 0 Å². The van der Waals surface area contributed by atoms with Crippen molar-refractivity contribution in [2.45, 2.75) is 192 Å². The Bertz CT molecular complexity index is 2110. The molecule has 0 spiro atoms. The van der Waals surface area contributed by atoms with Crippen molar-refractivity contribution >= 4 is 85.9 Å². The number of carbonyl (C=O) groups is 7. The number of aliphatic carboxylic acids is 1. The Morgan fingerprint density at radius 1 is 0.651 bits per heavy atom. The van der Waals surface area contributed by atoms with Crippen molar-refractivity contribution in [2.24, 2.45) is 31.1 Å². The summed E-state index contributed by atoms with van der Waals surface area (Å²) in [6.07, 6.45) is 22.5. The molecular weight excluding hydrogens is 1180 g/mol. The minimum atomic E-state index is -3.59. The second-order valence-corrected chi connectivity index (χ2v) is 22.8. The molecule has 5 amide bonds. The van der Waals surface area contributed by atoms with Crippen LogP contribution in [0.4, 0.5) is 0 Å². The molecule has 2 saturated carbocycles. The minimum Gasteiger partial charge on any atom is -0.779 e. The fourth-order valence-electron chi connectivity index (χ4n) is 6.98. The molecule has 4 aliphatic rings. The van der Waals surface area contributed by atoms with Gasteiger partial charge in [0.2, 0.25) is 5.91 Å². The molecule has 0 bridgehead atoms. The van der Waals surface area contributed by atoms with E-state index in [0.29, 0.717) is 75.5 Å². The highest BCUT2D eigenvalue weighted by atomic mass is 35.5. The van der Waals surface area contributed by atoms with Gasteiger partial charge in [0, 0.05) is 99.2 Å². The van der Waals surface area contributed by atoms with Crippen molar-refractivity contribution in [3.63, 3.8) is 0 Å². The quantitative estimate of drug-likeness (QED) is 0.00598. The molecule has 83 heavy (non-hydrogen) atoms. The molecule has 31 nitrogen and oxygen atoms in total. The van der Waals surface area contributed by atoms with E-state index in [9.17, 15) is 52.5 Å². The van der Waals surface area contributed by atoms with Crippen LogP contribution in [0.1, 0.15) is 180 Å². The third-order valence-corrected chi connectivity index (χ3v) is 12.4. The van der Waals surface area contributed by atoms with E-state index in [2.05, 4.69) is 65.3 Å². The molecule has 2 heterocycles. The van der Waals surface area contributed by atoms with Gasteiger partial charge in [-0.25, -0.2) is 14.8 Å². The van der Waals surface area contributed by atoms with E-state index < -0.39 is 50.8 Å². The van der Waals surface area contributed by atoms with Gasteiger partial charge in [-0.05, 0) is 93.8 Å². The standard InChI is InChI=1S/C13H22N2.C11H23N4O4P.C8H10N4O4.C7H18NO3P.C4H7N3O2.C4H5NO3.CH2Cl2/c1-3-7-12(8-4-1)14-11-15-13-9-5-2-6-10-13;1-20(17,18)19-10-5-3-2-4-8-13-11(16)7-6-9-14-15-12;9-11-10-5-1-2-8(15)16-12-6(13)3-4-7(12)14;1-12(9,10)11-7-5-3-2-4-6-8;5-7-6-3-1-2-4(8)9;6-3-1-2-4(7)5(3)8;2-1-3/h12-13H,1-10H2;2-10H2,1H3,(H,13,16)(H,17,18);1-5H2;2-8H2,1H3,(H,9,10);1-3H2,(H,8,9);8H,1-2H2;1H2/p-2. The monoisotopic (exact) mass is 1260 g/mol.